The van der Waals surface area contributed by atoms with E-state index in [4.69, 9.17) is 11.6 Å². The van der Waals surface area contributed by atoms with E-state index in [2.05, 4.69) is 36.5 Å². The molecule has 0 unspecified atom stereocenters. The summed E-state index contributed by atoms with van der Waals surface area (Å²) >= 11 is 6.11. The van der Waals surface area contributed by atoms with Crippen molar-refractivity contribution in [3.63, 3.8) is 0 Å². The lowest BCUT2D eigenvalue weighted by molar-refractivity contribution is -0.132. The molecule has 3 rings (SSSR count). The average molecular weight is 400 g/mol. The van der Waals surface area contributed by atoms with Gasteiger partial charge in [0.25, 0.3) is 0 Å². The Bertz CT molecular complexity index is 843. The van der Waals surface area contributed by atoms with Crippen LogP contribution in [0.15, 0.2) is 42.5 Å². The number of nitrogens with one attached hydrogen (secondary N) is 1. The molecule has 0 saturated carbocycles. The fourth-order valence-corrected chi connectivity index (χ4v) is 3.38. The maximum Gasteiger partial charge on any atom is 0.321 e. The van der Waals surface area contributed by atoms with Gasteiger partial charge in [-0.15, -0.1) is 0 Å². The molecule has 1 aliphatic heterocycles. The smallest absolute Gasteiger partial charge is 0.321 e. The number of carbonyl (C=O) groups is 2. The largest absolute Gasteiger partial charge is 0.339 e. The fourth-order valence-electron chi connectivity index (χ4n) is 3.20. The molecular formula is C22H26ClN3O2. The van der Waals surface area contributed by atoms with Crippen LogP contribution in [-0.2, 0) is 11.2 Å². The molecule has 1 N–H and O–H groups in total. The molecular weight excluding hydrogens is 374 g/mol. The van der Waals surface area contributed by atoms with E-state index in [1.54, 1.807) is 11.0 Å². The van der Waals surface area contributed by atoms with Gasteiger partial charge in [0.2, 0.25) is 5.91 Å². The molecule has 1 saturated heterocycles. The molecule has 2 aromatic rings. The van der Waals surface area contributed by atoms with Gasteiger partial charge < -0.3 is 15.1 Å². The van der Waals surface area contributed by atoms with Crippen LogP contribution < -0.4 is 5.32 Å². The van der Waals surface area contributed by atoms with Gasteiger partial charge in [-0.3, -0.25) is 4.79 Å². The Hall–Kier alpha value is -2.53. The first-order valence-electron chi connectivity index (χ1n) is 9.58. The Morgan fingerprint density at radius 3 is 2.25 bits per heavy atom. The standard InChI is InChI=1S/C22H26ClN3O2/c1-16-3-6-18(7-4-16)8-10-21(27)25-11-13-26(14-12-25)22(28)24-19-9-5-17(2)20(23)15-19/h3-7,9,15H,8,10-14H2,1-2H3,(H,24,28). The zero-order chi connectivity index (χ0) is 20.1. The third-order valence-corrected chi connectivity index (χ3v) is 5.50. The third kappa shape index (κ3) is 5.26. The van der Waals surface area contributed by atoms with Crippen LogP contribution in [0.5, 0.6) is 0 Å². The van der Waals surface area contributed by atoms with E-state index in [-0.39, 0.29) is 11.9 Å². The van der Waals surface area contributed by atoms with Crippen molar-refractivity contribution in [3.05, 3.63) is 64.2 Å². The number of hydrogen-bond acceptors (Lipinski definition) is 2. The van der Waals surface area contributed by atoms with Gasteiger partial charge >= 0.3 is 6.03 Å². The summed E-state index contributed by atoms with van der Waals surface area (Å²) in [7, 11) is 0. The second-order valence-corrected chi connectivity index (χ2v) is 7.65. The molecule has 1 heterocycles. The lowest BCUT2D eigenvalue weighted by atomic mass is 10.1. The predicted molar refractivity (Wildman–Crippen MR) is 113 cm³/mol. The van der Waals surface area contributed by atoms with Crippen molar-refractivity contribution in [2.24, 2.45) is 0 Å². The molecule has 5 nitrogen and oxygen atoms in total. The molecule has 0 atom stereocenters. The van der Waals surface area contributed by atoms with Crippen LogP contribution in [0, 0.1) is 13.8 Å². The monoisotopic (exact) mass is 399 g/mol. The maximum atomic E-state index is 12.5. The minimum absolute atomic E-state index is 0.144. The molecule has 0 radical (unpaired) electrons. The molecule has 28 heavy (non-hydrogen) atoms. The highest BCUT2D eigenvalue weighted by atomic mass is 35.5. The summed E-state index contributed by atoms with van der Waals surface area (Å²) in [4.78, 5) is 28.5. The minimum Gasteiger partial charge on any atom is -0.339 e. The fraction of sp³-hybridized carbons (Fsp3) is 0.364. The Morgan fingerprint density at radius 1 is 0.964 bits per heavy atom. The van der Waals surface area contributed by atoms with Gasteiger partial charge in [0.05, 0.1) is 0 Å². The molecule has 0 bridgehead atoms. The molecule has 1 fully saturated rings. The summed E-state index contributed by atoms with van der Waals surface area (Å²) in [5.74, 6) is 0.144. The van der Waals surface area contributed by atoms with E-state index >= 15 is 0 Å². The Kier molecular flexibility index (Phi) is 6.57. The second-order valence-electron chi connectivity index (χ2n) is 7.25. The van der Waals surface area contributed by atoms with Crippen molar-refractivity contribution in [2.45, 2.75) is 26.7 Å². The van der Waals surface area contributed by atoms with Gasteiger partial charge in [0, 0.05) is 43.3 Å². The zero-order valence-corrected chi connectivity index (χ0v) is 17.1. The third-order valence-electron chi connectivity index (χ3n) is 5.09. The zero-order valence-electron chi connectivity index (χ0n) is 16.4. The number of amides is 3. The number of benzene rings is 2. The average Bonchev–Trinajstić information content (AvgIpc) is 2.70. The number of piperazine rings is 1. The highest BCUT2D eigenvalue weighted by molar-refractivity contribution is 6.31. The minimum atomic E-state index is -0.160. The van der Waals surface area contributed by atoms with Crippen LogP contribution in [0.1, 0.15) is 23.1 Å². The second kappa shape index (κ2) is 9.11. The first-order chi connectivity index (χ1) is 13.4. The first kappa shape index (κ1) is 20.2. The van der Waals surface area contributed by atoms with E-state index in [1.807, 2.05) is 24.0 Å². The summed E-state index contributed by atoms with van der Waals surface area (Å²) in [5, 5.41) is 3.50. The SMILES string of the molecule is Cc1ccc(CCC(=O)N2CCN(C(=O)Nc3ccc(C)c(Cl)c3)CC2)cc1. The number of carbonyl (C=O) groups excluding carboxylic acids is 2. The number of anilines is 1. The number of urea groups is 1. The highest BCUT2D eigenvalue weighted by Gasteiger charge is 2.24. The molecule has 1 aliphatic rings. The Labute approximate surface area is 171 Å². The number of nitrogens with zero attached hydrogens (tertiary/aromatic N) is 2. The quantitative estimate of drug-likeness (QED) is 0.834. The van der Waals surface area contributed by atoms with E-state index in [9.17, 15) is 9.59 Å². The van der Waals surface area contributed by atoms with Gasteiger partial charge in [0.1, 0.15) is 0 Å². The summed E-state index contributed by atoms with van der Waals surface area (Å²) in [6.45, 7) is 6.16. The van der Waals surface area contributed by atoms with Crippen molar-refractivity contribution in [1.29, 1.82) is 0 Å². The lowest BCUT2D eigenvalue weighted by Gasteiger charge is -2.34. The van der Waals surface area contributed by atoms with Crippen molar-refractivity contribution in [2.75, 3.05) is 31.5 Å². The van der Waals surface area contributed by atoms with Crippen LogP contribution >= 0.6 is 11.6 Å². The van der Waals surface area contributed by atoms with Gasteiger partial charge in [0.15, 0.2) is 0 Å². The van der Waals surface area contributed by atoms with Crippen molar-refractivity contribution in [3.8, 4) is 0 Å². The van der Waals surface area contributed by atoms with E-state index in [1.165, 1.54) is 11.1 Å². The van der Waals surface area contributed by atoms with Crippen LogP contribution in [0.25, 0.3) is 0 Å². The molecule has 2 aromatic carbocycles. The molecule has 0 spiro atoms. The van der Waals surface area contributed by atoms with Gasteiger partial charge in [-0.25, -0.2) is 4.79 Å². The molecule has 0 aromatic heterocycles. The van der Waals surface area contributed by atoms with E-state index in [0.717, 1.165) is 12.0 Å². The number of halogens is 1. The molecule has 0 aliphatic carbocycles. The summed E-state index contributed by atoms with van der Waals surface area (Å²) in [6, 6.07) is 13.6. The Morgan fingerprint density at radius 2 is 1.61 bits per heavy atom. The maximum absolute atomic E-state index is 12.5. The first-order valence-corrected chi connectivity index (χ1v) is 9.95. The molecule has 6 heteroatoms. The van der Waals surface area contributed by atoms with Crippen molar-refractivity contribution in [1.82, 2.24) is 9.80 Å². The van der Waals surface area contributed by atoms with Gasteiger partial charge in [-0.05, 0) is 43.5 Å². The van der Waals surface area contributed by atoms with Gasteiger partial charge in [-0.1, -0.05) is 47.5 Å². The van der Waals surface area contributed by atoms with Gasteiger partial charge in [-0.2, -0.15) is 0 Å². The molecule has 3 amide bonds. The number of hydrogen-bond donors (Lipinski definition) is 1. The number of aryl methyl sites for hydroxylation is 3. The van der Waals surface area contributed by atoms with E-state index in [0.29, 0.717) is 43.3 Å². The van der Waals surface area contributed by atoms with Crippen molar-refractivity contribution >= 4 is 29.2 Å². The summed E-state index contributed by atoms with van der Waals surface area (Å²) in [6.07, 6.45) is 1.24. The highest BCUT2D eigenvalue weighted by Crippen LogP contribution is 2.20. The van der Waals surface area contributed by atoms with Crippen LogP contribution in [0.4, 0.5) is 10.5 Å². The number of rotatable bonds is 4. The summed E-state index contributed by atoms with van der Waals surface area (Å²) < 4.78 is 0. The predicted octanol–water partition coefficient (Wildman–Crippen LogP) is 4.27. The van der Waals surface area contributed by atoms with Crippen molar-refractivity contribution < 1.29 is 9.59 Å². The van der Waals surface area contributed by atoms with Crippen LogP contribution in [0.3, 0.4) is 0 Å². The topological polar surface area (TPSA) is 52.7 Å². The molecule has 148 valence electrons. The Balaban J connectivity index is 1.45. The lowest BCUT2D eigenvalue weighted by Crippen LogP contribution is -2.51. The van der Waals surface area contributed by atoms with Crippen LogP contribution in [-0.4, -0.2) is 47.9 Å². The summed E-state index contributed by atoms with van der Waals surface area (Å²) in [5.41, 5.74) is 4.04. The van der Waals surface area contributed by atoms with Crippen LogP contribution in [0.2, 0.25) is 5.02 Å². The van der Waals surface area contributed by atoms with E-state index < -0.39 is 0 Å². The normalized spacial score (nSPS) is 14.1.